The summed E-state index contributed by atoms with van der Waals surface area (Å²) in [4.78, 5) is 15.2. The molecule has 1 amide bonds. The summed E-state index contributed by atoms with van der Waals surface area (Å²) in [6, 6.07) is 21.7. The Labute approximate surface area is 150 Å². The monoisotopic (exact) mass is 353 g/mol. The highest BCUT2D eigenvalue weighted by atomic mass is 35.5. The summed E-state index contributed by atoms with van der Waals surface area (Å²) in [6.07, 6.45) is 0. The molecule has 3 aromatic rings. The lowest BCUT2D eigenvalue weighted by Gasteiger charge is -2.25. The molecule has 1 atom stereocenters. The van der Waals surface area contributed by atoms with E-state index in [-0.39, 0.29) is 11.3 Å². The van der Waals surface area contributed by atoms with Gasteiger partial charge in [0, 0.05) is 22.9 Å². The van der Waals surface area contributed by atoms with Gasteiger partial charge in [0.25, 0.3) is 5.91 Å². The largest absolute Gasteiger partial charge is 0.322 e. The number of hydrogen-bond acceptors (Lipinski definition) is 2. The number of rotatable bonds is 2. The van der Waals surface area contributed by atoms with Crippen molar-refractivity contribution in [3.8, 4) is 0 Å². The molecule has 3 aromatic carbocycles. The molecule has 24 heavy (non-hydrogen) atoms. The molecule has 1 aliphatic rings. The van der Waals surface area contributed by atoms with Crippen LogP contribution < -0.4 is 0 Å². The van der Waals surface area contributed by atoms with Crippen molar-refractivity contribution in [3.63, 3.8) is 0 Å². The van der Waals surface area contributed by atoms with Crippen molar-refractivity contribution < 1.29 is 4.79 Å². The summed E-state index contributed by atoms with van der Waals surface area (Å²) in [6.45, 7) is 0.754. The average molecular weight is 354 g/mol. The van der Waals surface area contributed by atoms with Gasteiger partial charge in [0.2, 0.25) is 0 Å². The summed E-state index contributed by atoms with van der Waals surface area (Å²) in [5, 5.41) is 2.83. The van der Waals surface area contributed by atoms with Gasteiger partial charge < -0.3 is 4.90 Å². The number of hydrogen-bond donors (Lipinski definition) is 0. The second-order valence-electron chi connectivity index (χ2n) is 5.80. The van der Waals surface area contributed by atoms with Crippen molar-refractivity contribution in [2.45, 2.75) is 5.37 Å². The van der Waals surface area contributed by atoms with Gasteiger partial charge in [-0.2, -0.15) is 0 Å². The number of halogens is 1. The van der Waals surface area contributed by atoms with Gasteiger partial charge in [0.1, 0.15) is 5.37 Å². The highest BCUT2D eigenvalue weighted by molar-refractivity contribution is 7.99. The smallest absolute Gasteiger partial charge is 0.255 e. The Morgan fingerprint density at radius 3 is 2.71 bits per heavy atom. The summed E-state index contributed by atoms with van der Waals surface area (Å²) >= 11 is 7.92. The summed E-state index contributed by atoms with van der Waals surface area (Å²) in [5.74, 6) is 1.02. The van der Waals surface area contributed by atoms with E-state index < -0.39 is 0 Å². The molecular weight excluding hydrogens is 338 g/mol. The summed E-state index contributed by atoms with van der Waals surface area (Å²) in [5.41, 5.74) is 1.85. The number of carbonyl (C=O) groups excluding carboxylic acids is 1. The molecule has 0 N–H and O–H groups in total. The van der Waals surface area contributed by atoms with Crippen molar-refractivity contribution in [2.24, 2.45) is 0 Å². The highest BCUT2D eigenvalue weighted by Crippen LogP contribution is 2.39. The van der Waals surface area contributed by atoms with Gasteiger partial charge in [0.15, 0.2) is 0 Å². The Morgan fingerprint density at radius 1 is 1.04 bits per heavy atom. The van der Waals surface area contributed by atoms with Crippen LogP contribution in [0.1, 0.15) is 21.3 Å². The zero-order valence-electron chi connectivity index (χ0n) is 13.0. The van der Waals surface area contributed by atoms with E-state index >= 15 is 0 Å². The van der Waals surface area contributed by atoms with E-state index in [4.69, 9.17) is 11.6 Å². The van der Waals surface area contributed by atoms with E-state index in [0.29, 0.717) is 5.02 Å². The van der Waals surface area contributed by atoms with E-state index in [0.717, 1.165) is 34.2 Å². The van der Waals surface area contributed by atoms with Crippen LogP contribution in [0.25, 0.3) is 10.8 Å². The Bertz CT molecular complexity index is 906. The van der Waals surface area contributed by atoms with Crippen LogP contribution in [0.4, 0.5) is 0 Å². The average Bonchev–Trinajstić information content (AvgIpc) is 3.10. The predicted octanol–water partition coefficient (Wildman–Crippen LogP) is 5.38. The van der Waals surface area contributed by atoms with Crippen molar-refractivity contribution in [2.75, 3.05) is 12.3 Å². The first-order chi connectivity index (χ1) is 11.7. The van der Waals surface area contributed by atoms with Gasteiger partial charge in [-0.25, -0.2) is 0 Å². The number of amides is 1. The fourth-order valence-electron chi connectivity index (χ4n) is 3.18. The number of fused-ring (bicyclic) bond motifs is 1. The third-order valence-corrected chi connectivity index (χ3v) is 5.80. The van der Waals surface area contributed by atoms with Crippen molar-refractivity contribution in [1.82, 2.24) is 4.90 Å². The van der Waals surface area contributed by atoms with Crippen molar-refractivity contribution in [3.05, 3.63) is 82.9 Å². The summed E-state index contributed by atoms with van der Waals surface area (Å²) < 4.78 is 0. The minimum Gasteiger partial charge on any atom is -0.322 e. The first-order valence-corrected chi connectivity index (χ1v) is 9.32. The predicted molar refractivity (Wildman–Crippen MR) is 102 cm³/mol. The van der Waals surface area contributed by atoms with E-state index in [1.165, 1.54) is 0 Å². The van der Waals surface area contributed by atoms with E-state index in [1.54, 1.807) is 11.8 Å². The molecule has 2 nitrogen and oxygen atoms in total. The Hall–Kier alpha value is -1.97. The maximum atomic E-state index is 13.2. The quantitative estimate of drug-likeness (QED) is 0.616. The Balaban J connectivity index is 1.73. The normalized spacial score (nSPS) is 17.4. The molecule has 1 heterocycles. The van der Waals surface area contributed by atoms with Crippen LogP contribution in [-0.2, 0) is 0 Å². The molecule has 4 rings (SSSR count). The zero-order chi connectivity index (χ0) is 16.5. The first-order valence-electron chi connectivity index (χ1n) is 7.90. The number of carbonyl (C=O) groups is 1. The van der Waals surface area contributed by atoms with E-state index in [9.17, 15) is 4.79 Å². The molecule has 0 spiro atoms. The Morgan fingerprint density at radius 2 is 1.83 bits per heavy atom. The minimum atomic E-state index is 0.0233. The van der Waals surface area contributed by atoms with Gasteiger partial charge in [-0.3, -0.25) is 4.79 Å². The molecule has 0 radical (unpaired) electrons. The SMILES string of the molecule is O=C(c1cccc2ccccc12)N1CCS[C@@H]1c1cccc(Cl)c1. The van der Waals surface area contributed by atoms with Crippen LogP contribution in [0.3, 0.4) is 0 Å². The van der Waals surface area contributed by atoms with Crippen LogP contribution in [0, 0.1) is 0 Å². The molecule has 0 aromatic heterocycles. The van der Waals surface area contributed by atoms with Crippen LogP contribution in [0.5, 0.6) is 0 Å². The van der Waals surface area contributed by atoms with Gasteiger partial charge >= 0.3 is 0 Å². The standard InChI is InChI=1S/C20H16ClNOS/c21-16-8-3-7-15(13-16)20-22(11-12-24-20)19(23)18-10-4-6-14-5-1-2-9-17(14)18/h1-10,13,20H,11-12H2/t20-/m1/s1. The maximum absolute atomic E-state index is 13.2. The van der Waals surface area contributed by atoms with Crippen LogP contribution in [0.15, 0.2) is 66.7 Å². The number of thioether (sulfide) groups is 1. The van der Waals surface area contributed by atoms with Crippen LogP contribution in [0.2, 0.25) is 5.02 Å². The third-order valence-electron chi connectivity index (χ3n) is 4.31. The number of nitrogens with zero attached hydrogens (tertiary/aromatic N) is 1. The minimum absolute atomic E-state index is 0.0233. The molecule has 1 aliphatic heterocycles. The maximum Gasteiger partial charge on any atom is 0.255 e. The molecular formula is C20H16ClNOS. The lowest BCUT2D eigenvalue weighted by Crippen LogP contribution is -2.30. The molecule has 120 valence electrons. The highest BCUT2D eigenvalue weighted by Gasteiger charge is 2.31. The van der Waals surface area contributed by atoms with Crippen molar-refractivity contribution >= 4 is 40.0 Å². The molecule has 0 bridgehead atoms. The second-order valence-corrected chi connectivity index (χ2v) is 7.43. The van der Waals surface area contributed by atoms with Crippen LogP contribution in [-0.4, -0.2) is 23.1 Å². The Kier molecular flexibility index (Phi) is 4.21. The second kappa shape index (κ2) is 6.50. The van der Waals surface area contributed by atoms with Gasteiger partial charge in [0.05, 0.1) is 0 Å². The van der Waals surface area contributed by atoms with Gasteiger partial charge in [-0.1, -0.05) is 60.1 Å². The third kappa shape index (κ3) is 2.79. The molecule has 1 saturated heterocycles. The van der Waals surface area contributed by atoms with Crippen molar-refractivity contribution in [1.29, 1.82) is 0 Å². The zero-order valence-corrected chi connectivity index (χ0v) is 14.6. The summed E-state index contributed by atoms with van der Waals surface area (Å²) in [7, 11) is 0. The van der Waals surface area contributed by atoms with Gasteiger partial charge in [-0.05, 0) is 34.5 Å². The van der Waals surface area contributed by atoms with E-state index in [2.05, 4.69) is 0 Å². The molecule has 4 heteroatoms. The molecule has 0 unspecified atom stereocenters. The number of benzene rings is 3. The lowest BCUT2D eigenvalue weighted by atomic mass is 10.0. The fraction of sp³-hybridized carbons (Fsp3) is 0.150. The topological polar surface area (TPSA) is 20.3 Å². The van der Waals surface area contributed by atoms with E-state index in [1.807, 2.05) is 71.6 Å². The molecule has 1 fully saturated rings. The molecule has 0 saturated carbocycles. The fourth-order valence-corrected chi connectivity index (χ4v) is 4.63. The van der Waals surface area contributed by atoms with Crippen LogP contribution >= 0.6 is 23.4 Å². The first kappa shape index (κ1) is 15.6. The van der Waals surface area contributed by atoms with Gasteiger partial charge in [-0.15, -0.1) is 11.8 Å². The molecule has 0 aliphatic carbocycles. The lowest BCUT2D eigenvalue weighted by molar-refractivity contribution is 0.0762.